The van der Waals surface area contributed by atoms with Gasteiger partial charge in [-0.3, -0.25) is 0 Å². The highest BCUT2D eigenvalue weighted by Gasteiger charge is 2.00. The number of benzene rings is 1. The van der Waals surface area contributed by atoms with Crippen LogP contribution in [0.15, 0.2) is 27.6 Å². The normalized spacial score (nSPS) is 10.3. The zero-order valence-electron chi connectivity index (χ0n) is 9.00. The van der Waals surface area contributed by atoms with Crippen LogP contribution in [0.3, 0.4) is 0 Å². The van der Waals surface area contributed by atoms with Crippen LogP contribution in [0.4, 0.5) is 0 Å². The second kappa shape index (κ2) is 7.18. The highest BCUT2D eigenvalue weighted by atomic mass is 79.9. The fraction of sp³-hybridized carbons (Fsp3) is 0.500. The van der Waals surface area contributed by atoms with E-state index in [0.717, 1.165) is 28.1 Å². The lowest BCUT2D eigenvalue weighted by atomic mass is 10.2. The molecule has 0 unspecified atom stereocenters. The third kappa shape index (κ3) is 4.94. The molecule has 1 aromatic rings. The van der Waals surface area contributed by atoms with E-state index in [9.17, 15) is 0 Å². The van der Waals surface area contributed by atoms with Crippen LogP contribution in [0.2, 0.25) is 0 Å². The number of hydrogen-bond acceptors (Lipinski definition) is 2. The van der Waals surface area contributed by atoms with E-state index in [1.54, 1.807) is 0 Å². The first-order chi connectivity index (χ1) is 7.24. The van der Waals surface area contributed by atoms with Crippen molar-refractivity contribution in [1.82, 2.24) is 0 Å². The Balaban J connectivity index is 2.33. The molecule has 0 aliphatic heterocycles. The van der Waals surface area contributed by atoms with E-state index >= 15 is 0 Å². The Labute approximate surface area is 106 Å². The molecule has 1 aromatic carbocycles. The number of rotatable bonds is 6. The predicted molar refractivity (Wildman–Crippen MR) is 71.0 cm³/mol. The van der Waals surface area contributed by atoms with Gasteiger partial charge in [0.25, 0.3) is 0 Å². The quantitative estimate of drug-likeness (QED) is 0.590. The van der Waals surface area contributed by atoms with Gasteiger partial charge >= 0.3 is 0 Å². The van der Waals surface area contributed by atoms with E-state index in [1.165, 1.54) is 19.3 Å². The number of ether oxygens (including phenoxy) is 1. The molecule has 0 bridgehead atoms. The molecule has 0 aliphatic rings. The Morgan fingerprint density at radius 2 is 2.07 bits per heavy atom. The molecule has 0 N–H and O–H groups in total. The number of halogens is 1. The minimum atomic E-state index is 0.782. The summed E-state index contributed by atoms with van der Waals surface area (Å²) in [7, 11) is 0. The first-order valence-electron chi connectivity index (χ1n) is 5.35. The van der Waals surface area contributed by atoms with Gasteiger partial charge in [0.2, 0.25) is 0 Å². The van der Waals surface area contributed by atoms with Gasteiger partial charge in [-0.2, -0.15) is 0 Å². The van der Waals surface area contributed by atoms with Crippen LogP contribution in [0.25, 0.3) is 0 Å². The molecule has 0 fully saturated rings. The van der Waals surface area contributed by atoms with E-state index in [4.69, 9.17) is 4.74 Å². The average Bonchev–Trinajstić information content (AvgIpc) is 2.23. The van der Waals surface area contributed by atoms with Crippen LogP contribution in [0.1, 0.15) is 32.6 Å². The topological polar surface area (TPSA) is 9.23 Å². The molecule has 15 heavy (non-hydrogen) atoms. The minimum absolute atomic E-state index is 0.782. The van der Waals surface area contributed by atoms with Crippen LogP contribution in [-0.2, 0) is 0 Å². The Morgan fingerprint density at radius 1 is 1.27 bits per heavy atom. The summed E-state index contributed by atoms with van der Waals surface area (Å²) >= 11 is 7.76. The van der Waals surface area contributed by atoms with Crippen LogP contribution < -0.4 is 4.74 Å². The summed E-state index contributed by atoms with van der Waals surface area (Å²) in [6, 6.07) is 5.86. The zero-order valence-corrected chi connectivity index (χ0v) is 11.5. The highest BCUT2D eigenvalue weighted by molar-refractivity contribution is 9.10. The van der Waals surface area contributed by atoms with Crippen molar-refractivity contribution in [2.24, 2.45) is 0 Å². The van der Waals surface area contributed by atoms with Crippen molar-refractivity contribution in [3.8, 4) is 5.75 Å². The minimum Gasteiger partial charge on any atom is -0.492 e. The smallest absolute Gasteiger partial charge is 0.133 e. The van der Waals surface area contributed by atoms with Crippen molar-refractivity contribution in [3.05, 3.63) is 22.7 Å². The highest BCUT2D eigenvalue weighted by Crippen LogP contribution is 2.26. The lowest BCUT2D eigenvalue weighted by molar-refractivity contribution is 0.298. The van der Waals surface area contributed by atoms with Gasteiger partial charge < -0.3 is 4.74 Å². The first kappa shape index (κ1) is 12.9. The molecule has 0 aliphatic carbocycles. The third-order valence-corrected chi connectivity index (χ3v) is 3.04. The molecule has 0 radical (unpaired) electrons. The van der Waals surface area contributed by atoms with Gasteiger partial charge in [0.05, 0.1) is 6.61 Å². The van der Waals surface area contributed by atoms with Crippen molar-refractivity contribution >= 4 is 28.6 Å². The lowest BCUT2D eigenvalue weighted by Crippen LogP contribution is -1.97. The van der Waals surface area contributed by atoms with Gasteiger partial charge in [0.15, 0.2) is 0 Å². The molecule has 3 heteroatoms. The summed E-state index contributed by atoms with van der Waals surface area (Å²) in [6.07, 6.45) is 4.91. The van der Waals surface area contributed by atoms with Crippen molar-refractivity contribution < 1.29 is 4.74 Å². The lowest BCUT2D eigenvalue weighted by Gasteiger charge is -2.08. The van der Waals surface area contributed by atoms with Gasteiger partial charge in [-0.1, -0.05) is 42.1 Å². The summed E-state index contributed by atoms with van der Waals surface area (Å²) in [5.74, 6) is 0.865. The molecule has 0 atom stereocenters. The van der Waals surface area contributed by atoms with E-state index in [1.807, 2.05) is 18.2 Å². The SMILES string of the molecule is CCCCCCOc1cc(Br)ccc1S. The number of unbranched alkanes of at least 4 members (excludes halogenated alkanes) is 3. The summed E-state index contributed by atoms with van der Waals surface area (Å²) in [5, 5.41) is 0. The van der Waals surface area contributed by atoms with Crippen LogP contribution in [0.5, 0.6) is 5.75 Å². The summed E-state index contributed by atoms with van der Waals surface area (Å²) < 4.78 is 6.69. The van der Waals surface area contributed by atoms with Crippen LogP contribution in [0, 0.1) is 0 Å². The largest absolute Gasteiger partial charge is 0.492 e. The third-order valence-electron chi connectivity index (χ3n) is 2.18. The molecule has 1 rings (SSSR count). The maximum Gasteiger partial charge on any atom is 0.133 e. The maximum absolute atomic E-state index is 5.66. The summed E-state index contributed by atoms with van der Waals surface area (Å²) in [4.78, 5) is 0.897. The summed E-state index contributed by atoms with van der Waals surface area (Å²) in [6.45, 7) is 2.99. The van der Waals surface area contributed by atoms with Gasteiger partial charge in [-0.15, -0.1) is 12.6 Å². The van der Waals surface area contributed by atoms with Crippen molar-refractivity contribution in [3.63, 3.8) is 0 Å². The standard InChI is InChI=1S/C12H17BrOS/c1-2-3-4-5-8-14-11-9-10(13)6-7-12(11)15/h6-7,9,15H,2-5,8H2,1H3. The molecule has 1 nitrogen and oxygen atoms in total. The van der Waals surface area contributed by atoms with E-state index in [-0.39, 0.29) is 0 Å². The fourth-order valence-electron chi connectivity index (χ4n) is 1.31. The van der Waals surface area contributed by atoms with Gasteiger partial charge in [-0.25, -0.2) is 0 Å². The second-order valence-corrected chi connectivity index (χ2v) is 4.92. The fourth-order valence-corrected chi connectivity index (χ4v) is 1.86. The van der Waals surface area contributed by atoms with Crippen LogP contribution >= 0.6 is 28.6 Å². The zero-order chi connectivity index (χ0) is 11.1. The Kier molecular flexibility index (Phi) is 6.18. The first-order valence-corrected chi connectivity index (χ1v) is 6.59. The Morgan fingerprint density at radius 3 is 2.80 bits per heavy atom. The monoisotopic (exact) mass is 288 g/mol. The van der Waals surface area contributed by atoms with Gasteiger partial charge in [-0.05, 0) is 24.6 Å². The Bertz CT molecular complexity index is 302. The van der Waals surface area contributed by atoms with Crippen molar-refractivity contribution in [2.75, 3.05) is 6.61 Å². The molecule has 84 valence electrons. The average molecular weight is 289 g/mol. The van der Waals surface area contributed by atoms with Crippen molar-refractivity contribution in [2.45, 2.75) is 37.5 Å². The Hall–Kier alpha value is -0.150. The molecule has 0 saturated carbocycles. The van der Waals surface area contributed by atoms with E-state index in [2.05, 4.69) is 35.5 Å². The van der Waals surface area contributed by atoms with E-state index in [0.29, 0.717) is 0 Å². The maximum atomic E-state index is 5.66. The van der Waals surface area contributed by atoms with Gasteiger partial charge in [0.1, 0.15) is 5.75 Å². The van der Waals surface area contributed by atoms with Crippen molar-refractivity contribution in [1.29, 1.82) is 0 Å². The molecule has 0 amide bonds. The molecule has 0 aromatic heterocycles. The molecule has 0 heterocycles. The molecule has 0 saturated heterocycles. The van der Waals surface area contributed by atoms with Crippen LogP contribution in [-0.4, -0.2) is 6.61 Å². The van der Waals surface area contributed by atoms with Gasteiger partial charge in [0, 0.05) is 9.37 Å². The number of hydrogen-bond donors (Lipinski definition) is 1. The predicted octanol–water partition coefficient (Wildman–Crippen LogP) is 4.70. The number of thiol groups is 1. The molecular weight excluding hydrogens is 272 g/mol. The summed E-state index contributed by atoms with van der Waals surface area (Å²) in [5.41, 5.74) is 0. The molecular formula is C12H17BrOS. The molecule has 0 spiro atoms. The van der Waals surface area contributed by atoms with E-state index < -0.39 is 0 Å². The second-order valence-electron chi connectivity index (χ2n) is 3.52.